The molecular formula is C22H20FN5O6. The van der Waals surface area contributed by atoms with E-state index in [4.69, 9.17) is 24.1 Å². The lowest BCUT2D eigenvalue weighted by Crippen LogP contribution is -2.10. The van der Waals surface area contributed by atoms with Crippen LogP contribution in [0.5, 0.6) is 0 Å². The van der Waals surface area contributed by atoms with E-state index in [0.717, 1.165) is 0 Å². The Kier molecular flexibility index (Phi) is 6.48. The summed E-state index contributed by atoms with van der Waals surface area (Å²) in [6.07, 6.45) is 0.116. The molecule has 11 nitrogen and oxygen atoms in total. The first-order valence-corrected chi connectivity index (χ1v) is 10.3. The van der Waals surface area contributed by atoms with Gasteiger partial charge in [-0.05, 0) is 38.1 Å². The number of aromatic nitrogens is 4. The zero-order valence-corrected chi connectivity index (χ0v) is 18.3. The molecule has 0 aliphatic carbocycles. The van der Waals surface area contributed by atoms with Crippen LogP contribution < -0.4 is 5.73 Å². The number of rotatable bonds is 8. The van der Waals surface area contributed by atoms with E-state index < -0.39 is 11.9 Å². The van der Waals surface area contributed by atoms with Gasteiger partial charge in [0.1, 0.15) is 23.0 Å². The summed E-state index contributed by atoms with van der Waals surface area (Å²) in [6, 6.07) is 5.63. The third-order valence-electron chi connectivity index (χ3n) is 4.76. The number of aryl methyl sites for hydroxylation is 2. The molecule has 0 saturated heterocycles. The Labute approximate surface area is 192 Å². The second-order valence-corrected chi connectivity index (χ2v) is 7.14. The zero-order valence-electron chi connectivity index (χ0n) is 18.3. The van der Waals surface area contributed by atoms with E-state index in [1.165, 1.54) is 24.3 Å². The maximum absolute atomic E-state index is 13.0. The Hall–Kier alpha value is -4.35. The molecule has 12 heteroatoms. The Bertz CT molecular complexity index is 1350. The molecule has 176 valence electrons. The van der Waals surface area contributed by atoms with Crippen LogP contribution in [-0.2, 0) is 27.3 Å². The van der Waals surface area contributed by atoms with Crippen LogP contribution in [0.25, 0.3) is 22.5 Å². The molecule has 0 aliphatic heterocycles. The number of anilines is 1. The highest BCUT2D eigenvalue weighted by atomic mass is 19.1. The number of carbonyl (C=O) groups excluding carboxylic acids is 2. The van der Waals surface area contributed by atoms with Crippen molar-refractivity contribution in [2.45, 2.75) is 33.3 Å². The van der Waals surface area contributed by atoms with Crippen LogP contribution in [0.4, 0.5) is 10.2 Å². The molecule has 0 radical (unpaired) electrons. The van der Waals surface area contributed by atoms with Crippen LogP contribution in [0.1, 0.15) is 41.2 Å². The van der Waals surface area contributed by atoms with Gasteiger partial charge in [0.25, 0.3) is 0 Å². The predicted octanol–water partition coefficient (Wildman–Crippen LogP) is 3.16. The molecule has 4 rings (SSSR count). The summed E-state index contributed by atoms with van der Waals surface area (Å²) >= 11 is 0. The minimum Gasteiger partial charge on any atom is -0.462 e. The van der Waals surface area contributed by atoms with E-state index in [0.29, 0.717) is 11.3 Å². The van der Waals surface area contributed by atoms with Gasteiger partial charge in [0, 0.05) is 12.0 Å². The number of benzene rings is 1. The topological polar surface area (TPSA) is 156 Å². The fourth-order valence-electron chi connectivity index (χ4n) is 3.20. The van der Waals surface area contributed by atoms with Crippen molar-refractivity contribution in [3.8, 4) is 11.4 Å². The standard InChI is InChI=1S/C22H20FN5O6/c1-3-31-22(30)17-11(2)33-21-18(17)19(24)25-14(26-21)10-32-16(29)9-8-15-27-20(28-34-15)12-4-6-13(23)7-5-12/h4-7H,3,8-10H2,1-2H3,(H2,24,25,26). The number of hydrogen-bond acceptors (Lipinski definition) is 11. The molecule has 3 aromatic heterocycles. The second kappa shape index (κ2) is 9.65. The largest absolute Gasteiger partial charge is 0.462 e. The monoisotopic (exact) mass is 469 g/mol. The number of hydrogen-bond donors (Lipinski definition) is 1. The normalized spacial score (nSPS) is 11.0. The van der Waals surface area contributed by atoms with E-state index >= 15 is 0 Å². The molecule has 0 spiro atoms. The Morgan fingerprint density at radius 3 is 2.62 bits per heavy atom. The summed E-state index contributed by atoms with van der Waals surface area (Å²) in [6.45, 7) is 3.21. The molecule has 0 atom stereocenters. The van der Waals surface area contributed by atoms with Crippen molar-refractivity contribution in [1.29, 1.82) is 0 Å². The first-order chi connectivity index (χ1) is 16.4. The highest BCUT2D eigenvalue weighted by Gasteiger charge is 2.24. The van der Waals surface area contributed by atoms with Crippen molar-refractivity contribution in [1.82, 2.24) is 20.1 Å². The molecule has 0 fully saturated rings. The van der Waals surface area contributed by atoms with Crippen LogP contribution in [0.2, 0.25) is 0 Å². The van der Waals surface area contributed by atoms with Gasteiger partial charge in [0.05, 0.1) is 18.4 Å². The maximum atomic E-state index is 13.0. The van der Waals surface area contributed by atoms with Crippen LogP contribution in [0, 0.1) is 12.7 Å². The molecular weight excluding hydrogens is 449 g/mol. The van der Waals surface area contributed by atoms with Gasteiger partial charge in [-0.3, -0.25) is 4.79 Å². The lowest BCUT2D eigenvalue weighted by atomic mass is 10.2. The Morgan fingerprint density at radius 2 is 1.88 bits per heavy atom. The Balaban J connectivity index is 1.36. The smallest absolute Gasteiger partial charge is 0.342 e. The summed E-state index contributed by atoms with van der Waals surface area (Å²) in [5.41, 5.74) is 6.84. The van der Waals surface area contributed by atoms with E-state index in [2.05, 4.69) is 20.1 Å². The van der Waals surface area contributed by atoms with Crippen LogP contribution >= 0.6 is 0 Å². The van der Waals surface area contributed by atoms with Crippen LogP contribution in [0.15, 0.2) is 33.2 Å². The van der Waals surface area contributed by atoms with Crippen molar-refractivity contribution in [2.75, 3.05) is 12.3 Å². The van der Waals surface area contributed by atoms with Crippen molar-refractivity contribution in [2.24, 2.45) is 0 Å². The van der Waals surface area contributed by atoms with E-state index in [1.54, 1.807) is 13.8 Å². The van der Waals surface area contributed by atoms with E-state index in [-0.39, 0.29) is 71.9 Å². The lowest BCUT2D eigenvalue weighted by molar-refractivity contribution is -0.145. The van der Waals surface area contributed by atoms with Gasteiger partial charge >= 0.3 is 11.9 Å². The molecule has 0 saturated carbocycles. The van der Waals surface area contributed by atoms with Crippen LogP contribution in [0.3, 0.4) is 0 Å². The number of carbonyl (C=O) groups is 2. The number of fused-ring (bicyclic) bond motifs is 1. The maximum Gasteiger partial charge on any atom is 0.342 e. The van der Waals surface area contributed by atoms with Gasteiger partial charge < -0.3 is 24.1 Å². The number of esters is 2. The highest BCUT2D eigenvalue weighted by molar-refractivity contribution is 6.07. The van der Waals surface area contributed by atoms with Gasteiger partial charge in [-0.1, -0.05) is 5.16 Å². The van der Waals surface area contributed by atoms with E-state index in [9.17, 15) is 14.0 Å². The van der Waals surface area contributed by atoms with Gasteiger partial charge in [-0.2, -0.15) is 9.97 Å². The quantitative estimate of drug-likeness (QED) is 0.378. The lowest BCUT2D eigenvalue weighted by Gasteiger charge is -2.05. The molecule has 0 unspecified atom stereocenters. The minimum absolute atomic E-state index is 0.00938. The summed E-state index contributed by atoms with van der Waals surface area (Å²) in [5, 5.41) is 4.07. The number of nitrogens with two attached hydrogens (primary N) is 1. The van der Waals surface area contributed by atoms with Crippen molar-refractivity contribution in [3.63, 3.8) is 0 Å². The highest BCUT2D eigenvalue weighted by Crippen LogP contribution is 2.29. The molecule has 3 heterocycles. The number of nitrogen functional groups attached to an aromatic ring is 1. The fourth-order valence-corrected chi connectivity index (χ4v) is 3.20. The third kappa shape index (κ3) is 4.85. The number of halogens is 1. The number of furan rings is 1. The molecule has 0 bridgehead atoms. The summed E-state index contributed by atoms with van der Waals surface area (Å²) in [5.74, 6) is -0.574. The fraction of sp³-hybridized carbons (Fsp3) is 0.273. The van der Waals surface area contributed by atoms with Gasteiger partial charge in [0.15, 0.2) is 12.4 Å². The molecule has 0 amide bonds. The number of ether oxygens (including phenoxy) is 2. The molecule has 1 aromatic carbocycles. The summed E-state index contributed by atoms with van der Waals surface area (Å²) < 4.78 is 33.9. The molecule has 4 aromatic rings. The first kappa shape index (κ1) is 22.8. The predicted molar refractivity (Wildman–Crippen MR) is 115 cm³/mol. The third-order valence-corrected chi connectivity index (χ3v) is 4.76. The molecule has 2 N–H and O–H groups in total. The average Bonchev–Trinajstić information content (AvgIpc) is 3.41. The Morgan fingerprint density at radius 1 is 1.12 bits per heavy atom. The first-order valence-electron chi connectivity index (χ1n) is 10.3. The molecule has 34 heavy (non-hydrogen) atoms. The summed E-state index contributed by atoms with van der Waals surface area (Å²) in [4.78, 5) is 36.8. The van der Waals surface area contributed by atoms with Gasteiger partial charge in [-0.25, -0.2) is 14.2 Å². The van der Waals surface area contributed by atoms with Crippen molar-refractivity contribution >= 4 is 28.9 Å². The zero-order chi connectivity index (χ0) is 24.2. The average molecular weight is 469 g/mol. The van der Waals surface area contributed by atoms with Gasteiger partial charge in [-0.15, -0.1) is 0 Å². The van der Waals surface area contributed by atoms with Crippen LogP contribution in [-0.4, -0.2) is 38.7 Å². The number of nitrogens with zero attached hydrogens (tertiary/aromatic N) is 4. The SMILES string of the molecule is CCOC(=O)c1c(C)oc2nc(COC(=O)CCc3nc(-c4ccc(F)cc4)no3)nc(N)c12. The van der Waals surface area contributed by atoms with Crippen molar-refractivity contribution < 1.29 is 32.4 Å². The van der Waals surface area contributed by atoms with Crippen molar-refractivity contribution in [3.05, 3.63) is 53.1 Å². The minimum atomic E-state index is -0.586. The van der Waals surface area contributed by atoms with Gasteiger partial charge in [0.2, 0.25) is 17.4 Å². The molecule has 0 aliphatic rings. The second-order valence-electron chi connectivity index (χ2n) is 7.14. The van der Waals surface area contributed by atoms with E-state index in [1.807, 2.05) is 0 Å². The summed E-state index contributed by atoms with van der Waals surface area (Å²) in [7, 11) is 0.